The van der Waals surface area contributed by atoms with Gasteiger partial charge in [0.05, 0.1) is 25.4 Å². The zero-order valence-electron chi connectivity index (χ0n) is 49.1. The predicted octanol–water partition coefficient (Wildman–Crippen LogP) is 20.8. The van der Waals surface area contributed by atoms with Gasteiger partial charge in [0.25, 0.3) is 0 Å². The van der Waals surface area contributed by atoms with Crippen molar-refractivity contribution in [1.29, 1.82) is 0 Å². The molecule has 2 atom stereocenters. The molecular formula is C67H127NO5. The maximum atomic E-state index is 12.5. The van der Waals surface area contributed by atoms with Gasteiger partial charge in [0, 0.05) is 12.8 Å². The number of aliphatic hydroxyl groups is 2. The van der Waals surface area contributed by atoms with Crippen LogP contribution in [-0.2, 0) is 14.3 Å². The van der Waals surface area contributed by atoms with Crippen LogP contribution in [0.4, 0.5) is 0 Å². The number of rotatable bonds is 61. The molecule has 0 aromatic rings. The summed E-state index contributed by atoms with van der Waals surface area (Å²) in [6.45, 7) is 4.92. The molecule has 0 radical (unpaired) electrons. The Balaban J connectivity index is 3.45. The van der Waals surface area contributed by atoms with Crippen LogP contribution in [0.5, 0.6) is 0 Å². The number of amides is 1. The van der Waals surface area contributed by atoms with Crippen molar-refractivity contribution in [2.45, 2.75) is 366 Å². The number of ether oxygens (including phenoxy) is 1. The van der Waals surface area contributed by atoms with Crippen molar-refractivity contribution in [3.05, 3.63) is 36.5 Å². The first-order valence-electron chi connectivity index (χ1n) is 32.8. The third-order valence-electron chi connectivity index (χ3n) is 15.2. The van der Waals surface area contributed by atoms with E-state index < -0.39 is 12.1 Å². The second-order valence-electron chi connectivity index (χ2n) is 22.5. The zero-order valence-corrected chi connectivity index (χ0v) is 49.1. The highest BCUT2D eigenvalue weighted by Gasteiger charge is 2.18. The molecule has 0 aliphatic rings. The second-order valence-corrected chi connectivity index (χ2v) is 22.5. The molecule has 6 heteroatoms. The van der Waals surface area contributed by atoms with Crippen molar-refractivity contribution in [3.8, 4) is 0 Å². The van der Waals surface area contributed by atoms with E-state index in [-0.39, 0.29) is 18.5 Å². The van der Waals surface area contributed by atoms with Gasteiger partial charge in [-0.3, -0.25) is 9.59 Å². The Labute approximate surface area is 455 Å². The third kappa shape index (κ3) is 59.2. The molecule has 0 fully saturated rings. The molecule has 3 N–H and O–H groups in total. The Bertz CT molecular complexity index is 1180. The maximum absolute atomic E-state index is 12.5. The predicted molar refractivity (Wildman–Crippen MR) is 319 cm³/mol. The summed E-state index contributed by atoms with van der Waals surface area (Å²) in [7, 11) is 0. The molecule has 430 valence electrons. The lowest BCUT2D eigenvalue weighted by molar-refractivity contribution is -0.143. The van der Waals surface area contributed by atoms with Crippen LogP contribution in [0.3, 0.4) is 0 Å². The molecule has 0 saturated carbocycles. The standard InChI is InChI=1S/C67H127NO5/c1-3-5-7-9-11-13-15-17-19-28-33-37-41-45-49-53-57-61-67(72)73-62-58-54-50-46-42-38-34-30-27-25-23-21-22-24-26-29-32-36-40-44-48-52-56-60-66(71)68-64(63-69)65(70)59-55-51-47-43-39-35-31-20-18-16-14-12-10-8-6-4-2/h21,23-24,26,55,59,64-65,69-70H,3-20,22,25,27-54,56-58,60-63H2,1-2H3,(H,68,71)/b23-21-,26-24-,59-55+. The molecule has 2 unspecified atom stereocenters. The number of allylic oxidation sites excluding steroid dienone is 5. The smallest absolute Gasteiger partial charge is 0.305 e. The van der Waals surface area contributed by atoms with E-state index in [0.29, 0.717) is 19.4 Å². The van der Waals surface area contributed by atoms with Gasteiger partial charge in [0.1, 0.15) is 0 Å². The minimum absolute atomic E-state index is 0.0107. The van der Waals surface area contributed by atoms with Gasteiger partial charge in [-0.15, -0.1) is 0 Å². The molecule has 0 aliphatic carbocycles. The van der Waals surface area contributed by atoms with E-state index in [1.54, 1.807) is 6.08 Å². The summed E-state index contributed by atoms with van der Waals surface area (Å²) in [5.41, 5.74) is 0. The van der Waals surface area contributed by atoms with Gasteiger partial charge in [-0.1, -0.05) is 314 Å². The first kappa shape index (κ1) is 71.1. The zero-order chi connectivity index (χ0) is 52.9. The first-order chi connectivity index (χ1) is 36.0. The number of hydrogen-bond donors (Lipinski definition) is 3. The summed E-state index contributed by atoms with van der Waals surface area (Å²) in [5, 5.41) is 23.1. The van der Waals surface area contributed by atoms with E-state index >= 15 is 0 Å². The summed E-state index contributed by atoms with van der Waals surface area (Å²) in [5.74, 6) is -0.0661. The fourth-order valence-corrected chi connectivity index (χ4v) is 10.1. The molecule has 6 nitrogen and oxygen atoms in total. The molecule has 0 bridgehead atoms. The first-order valence-corrected chi connectivity index (χ1v) is 32.8. The van der Waals surface area contributed by atoms with Crippen molar-refractivity contribution < 1.29 is 24.5 Å². The van der Waals surface area contributed by atoms with E-state index in [1.807, 2.05) is 6.08 Å². The van der Waals surface area contributed by atoms with Crippen LogP contribution >= 0.6 is 0 Å². The lowest BCUT2D eigenvalue weighted by Crippen LogP contribution is -2.45. The summed E-state index contributed by atoms with van der Waals surface area (Å²) in [4.78, 5) is 24.6. The molecule has 0 saturated heterocycles. The van der Waals surface area contributed by atoms with E-state index in [9.17, 15) is 19.8 Å². The number of hydrogen-bond acceptors (Lipinski definition) is 5. The normalized spacial score (nSPS) is 12.8. The van der Waals surface area contributed by atoms with E-state index in [2.05, 4.69) is 43.5 Å². The number of nitrogens with one attached hydrogen (secondary N) is 1. The summed E-state index contributed by atoms with van der Waals surface area (Å²) >= 11 is 0. The van der Waals surface area contributed by atoms with Crippen molar-refractivity contribution in [3.63, 3.8) is 0 Å². The molecule has 0 rings (SSSR count). The quantitative estimate of drug-likeness (QED) is 0.0320. The van der Waals surface area contributed by atoms with Crippen LogP contribution in [0.25, 0.3) is 0 Å². The minimum Gasteiger partial charge on any atom is -0.466 e. The van der Waals surface area contributed by atoms with Crippen LogP contribution in [0.2, 0.25) is 0 Å². The van der Waals surface area contributed by atoms with Crippen LogP contribution in [0, 0.1) is 0 Å². The molecule has 73 heavy (non-hydrogen) atoms. The molecular weight excluding hydrogens is 899 g/mol. The molecule has 0 spiro atoms. The van der Waals surface area contributed by atoms with E-state index in [4.69, 9.17) is 4.74 Å². The van der Waals surface area contributed by atoms with Crippen molar-refractivity contribution in [2.24, 2.45) is 0 Å². The van der Waals surface area contributed by atoms with E-state index in [1.165, 1.54) is 270 Å². The van der Waals surface area contributed by atoms with Gasteiger partial charge in [0.2, 0.25) is 5.91 Å². The number of carbonyl (C=O) groups excluding carboxylic acids is 2. The van der Waals surface area contributed by atoms with Crippen LogP contribution in [0.1, 0.15) is 354 Å². The topological polar surface area (TPSA) is 95.9 Å². The maximum Gasteiger partial charge on any atom is 0.305 e. The Morgan fingerprint density at radius 3 is 1.04 bits per heavy atom. The minimum atomic E-state index is -0.851. The SMILES string of the molecule is CCCCCCCCCCCCCCCC/C=C/C(O)C(CO)NC(=O)CCCCCCCCC/C=C\C/C=C\CCCCCCCCCCCOC(=O)CCCCCCCCCCCCCCCCCCC. The largest absolute Gasteiger partial charge is 0.466 e. The number of aliphatic hydroxyl groups excluding tert-OH is 2. The van der Waals surface area contributed by atoms with E-state index in [0.717, 1.165) is 57.8 Å². The lowest BCUT2D eigenvalue weighted by atomic mass is 10.0. The van der Waals surface area contributed by atoms with Gasteiger partial charge < -0.3 is 20.3 Å². The highest BCUT2D eigenvalue weighted by atomic mass is 16.5. The Morgan fingerprint density at radius 1 is 0.384 bits per heavy atom. The molecule has 0 aliphatic heterocycles. The van der Waals surface area contributed by atoms with Crippen LogP contribution in [0.15, 0.2) is 36.5 Å². The average Bonchev–Trinajstić information content (AvgIpc) is 3.39. The molecule has 0 aromatic heterocycles. The summed E-state index contributed by atoms with van der Waals surface area (Å²) < 4.78 is 5.49. The second kappa shape index (κ2) is 62.6. The van der Waals surface area contributed by atoms with Gasteiger partial charge in [-0.25, -0.2) is 0 Å². The molecule has 0 aromatic carbocycles. The third-order valence-corrected chi connectivity index (χ3v) is 15.2. The number of esters is 1. The summed E-state index contributed by atoms with van der Waals surface area (Å²) in [6.07, 6.45) is 79.1. The van der Waals surface area contributed by atoms with Crippen molar-refractivity contribution in [2.75, 3.05) is 13.2 Å². The fraction of sp³-hybridized carbons (Fsp3) is 0.881. The highest BCUT2D eigenvalue weighted by Crippen LogP contribution is 2.17. The Kier molecular flexibility index (Phi) is 61.0. The van der Waals surface area contributed by atoms with Crippen molar-refractivity contribution in [1.82, 2.24) is 5.32 Å². The van der Waals surface area contributed by atoms with Gasteiger partial charge >= 0.3 is 5.97 Å². The Morgan fingerprint density at radius 2 is 0.685 bits per heavy atom. The number of unbranched alkanes of at least 4 members (excludes halogenated alkanes) is 46. The average molecular weight is 1030 g/mol. The Hall–Kier alpha value is -1.92. The monoisotopic (exact) mass is 1030 g/mol. The fourth-order valence-electron chi connectivity index (χ4n) is 10.1. The molecule has 0 heterocycles. The summed E-state index contributed by atoms with van der Waals surface area (Å²) in [6, 6.07) is -0.636. The van der Waals surface area contributed by atoms with Gasteiger partial charge in [0.15, 0.2) is 0 Å². The lowest BCUT2D eigenvalue weighted by Gasteiger charge is -2.20. The highest BCUT2D eigenvalue weighted by molar-refractivity contribution is 5.76. The van der Waals surface area contributed by atoms with Crippen LogP contribution < -0.4 is 5.32 Å². The van der Waals surface area contributed by atoms with Gasteiger partial charge in [-0.05, 0) is 64.2 Å². The van der Waals surface area contributed by atoms with Gasteiger partial charge in [-0.2, -0.15) is 0 Å². The van der Waals surface area contributed by atoms with Crippen molar-refractivity contribution >= 4 is 11.9 Å². The van der Waals surface area contributed by atoms with Crippen LogP contribution in [-0.4, -0.2) is 47.4 Å². The molecule has 1 amide bonds. The number of carbonyl (C=O) groups is 2.